The average Bonchev–Trinajstić information content (AvgIpc) is 2.35. The smallest absolute Gasteiger partial charge is 0.239 e. The molecule has 4 N–H and O–H groups in total. The minimum Gasteiger partial charge on any atom is -0.337 e. The van der Waals surface area contributed by atoms with Gasteiger partial charge in [0.15, 0.2) is 11.6 Å². The van der Waals surface area contributed by atoms with E-state index in [1.807, 2.05) is 25.1 Å². The van der Waals surface area contributed by atoms with Crippen molar-refractivity contribution in [2.24, 2.45) is 5.84 Å². The maximum atomic E-state index is 13.5. The molecule has 0 atom stereocenters. The van der Waals surface area contributed by atoms with Gasteiger partial charge in [-0.2, -0.15) is 4.98 Å². The zero-order valence-electron chi connectivity index (χ0n) is 9.54. The summed E-state index contributed by atoms with van der Waals surface area (Å²) in [4.78, 5) is 7.57. The summed E-state index contributed by atoms with van der Waals surface area (Å²) in [5, 5.41) is 2.90. The van der Waals surface area contributed by atoms with E-state index in [-0.39, 0.29) is 11.8 Å². The maximum absolute atomic E-state index is 13.5. The maximum Gasteiger partial charge on any atom is 0.239 e. The van der Waals surface area contributed by atoms with E-state index in [4.69, 9.17) is 5.84 Å². The van der Waals surface area contributed by atoms with Gasteiger partial charge in [-0.15, -0.1) is 0 Å². The third kappa shape index (κ3) is 2.74. The van der Waals surface area contributed by atoms with Crippen molar-refractivity contribution in [3.05, 3.63) is 40.2 Å². The Hall–Kier alpha value is -1.73. The van der Waals surface area contributed by atoms with Crippen LogP contribution in [0.1, 0.15) is 5.56 Å². The van der Waals surface area contributed by atoms with Gasteiger partial charge in [-0.25, -0.2) is 15.2 Å². The standard InChI is InChI=1S/C11H11BrFN5/c1-6-4-7(12)2-3-9(6)16-10-8(13)5-15-11(17-10)18-14/h2-5H,14H2,1H3,(H2,15,16,17,18). The van der Waals surface area contributed by atoms with Crippen LogP contribution in [0.2, 0.25) is 0 Å². The molecule has 2 rings (SSSR count). The lowest BCUT2D eigenvalue weighted by Gasteiger charge is -2.10. The van der Waals surface area contributed by atoms with Crippen molar-refractivity contribution in [3.63, 3.8) is 0 Å². The first kappa shape index (κ1) is 12.7. The molecule has 0 radical (unpaired) electrons. The van der Waals surface area contributed by atoms with Crippen molar-refractivity contribution < 1.29 is 4.39 Å². The van der Waals surface area contributed by atoms with Gasteiger partial charge in [-0.1, -0.05) is 15.9 Å². The molecule has 1 aromatic carbocycles. The monoisotopic (exact) mass is 311 g/mol. The van der Waals surface area contributed by atoms with Crippen molar-refractivity contribution in [1.82, 2.24) is 9.97 Å². The summed E-state index contributed by atoms with van der Waals surface area (Å²) >= 11 is 3.36. The molecule has 0 saturated carbocycles. The molecule has 0 aliphatic carbocycles. The Morgan fingerprint density at radius 1 is 1.39 bits per heavy atom. The Kier molecular flexibility index (Phi) is 3.73. The molecule has 1 aromatic heterocycles. The van der Waals surface area contributed by atoms with Crippen LogP contribution in [0.15, 0.2) is 28.9 Å². The number of nitrogens with one attached hydrogen (secondary N) is 2. The summed E-state index contributed by atoms with van der Waals surface area (Å²) in [6.45, 7) is 1.91. The second kappa shape index (κ2) is 5.28. The quantitative estimate of drug-likeness (QED) is 0.600. The Morgan fingerprint density at radius 2 is 2.17 bits per heavy atom. The highest BCUT2D eigenvalue weighted by Gasteiger charge is 2.08. The fourth-order valence-electron chi connectivity index (χ4n) is 1.42. The van der Waals surface area contributed by atoms with E-state index in [0.29, 0.717) is 0 Å². The minimum absolute atomic E-state index is 0.0726. The molecular weight excluding hydrogens is 301 g/mol. The highest BCUT2D eigenvalue weighted by Crippen LogP contribution is 2.24. The zero-order valence-corrected chi connectivity index (χ0v) is 11.1. The Labute approximate surface area is 112 Å². The molecule has 7 heteroatoms. The number of nitrogen functional groups attached to an aromatic ring is 1. The number of aromatic nitrogens is 2. The number of nitrogens with two attached hydrogens (primary N) is 1. The summed E-state index contributed by atoms with van der Waals surface area (Å²) < 4.78 is 14.5. The van der Waals surface area contributed by atoms with Gasteiger partial charge in [0.05, 0.1) is 6.20 Å². The number of halogens is 2. The number of benzene rings is 1. The number of nitrogens with zero attached hydrogens (tertiary/aromatic N) is 2. The van der Waals surface area contributed by atoms with Crippen molar-refractivity contribution in [1.29, 1.82) is 0 Å². The first-order valence-electron chi connectivity index (χ1n) is 5.12. The topological polar surface area (TPSA) is 75.9 Å². The molecule has 5 nitrogen and oxygen atoms in total. The molecule has 0 bridgehead atoms. The number of hydrazine groups is 1. The van der Waals surface area contributed by atoms with Crippen LogP contribution < -0.4 is 16.6 Å². The molecule has 94 valence electrons. The molecule has 0 unspecified atom stereocenters. The average molecular weight is 312 g/mol. The Morgan fingerprint density at radius 3 is 2.83 bits per heavy atom. The van der Waals surface area contributed by atoms with Crippen LogP contribution in [-0.4, -0.2) is 9.97 Å². The SMILES string of the molecule is Cc1cc(Br)ccc1Nc1nc(NN)ncc1F. The van der Waals surface area contributed by atoms with E-state index in [9.17, 15) is 4.39 Å². The van der Waals surface area contributed by atoms with Gasteiger partial charge in [0, 0.05) is 10.2 Å². The summed E-state index contributed by atoms with van der Waals surface area (Å²) in [7, 11) is 0. The normalized spacial score (nSPS) is 10.2. The van der Waals surface area contributed by atoms with E-state index in [0.717, 1.165) is 21.9 Å². The van der Waals surface area contributed by atoms with Gasteiger partial charge < -0.3 is 5.32 Å². The van der Waals surface area contributed by atoms with Gasteiger partial charge in [0.25, 0.3) is 0 Å². The second-order valence-electron chi connectivity index (χ2n) is 3.62. The van der Waals surface area contributed by atoms with E-state index in [1.54, 1.807) is 0 Å². The van der Waals surface area contributed by atoms with Crippen LogP contribution in [0.5, 0.6) is 0 Å². The highest BCUT2D eigenvalue weighted by atomic mass is 79.9. The van der Waals surface area contributed by atoms with Crippen molar-refractivity contribution in [3.8, 4) is 0 Å². The van der Waals surface area contributed by atoms with Gasteiger partial charge in [0.1, 0.15) is 0 Å². The fraction of sp³-hybridized carbons (Fsp3) is 0.0909. The van der Waals surface area contributed by atoms with E-state index >= 15 is 0 Å². The van der Waals surface area contributed by atoms with E-state index in [2.05, 4.69) is 36.6 Å². The lowest BCUT2D eigenvalue weighted by atomic mass is 10.2. The van der Waals surface area contributed by atoms with Gasteiger partial charge >= 0.3 is 0 Å². The predicted molar refractivity (Wildman–Crippen MR) is 72.0 cm³/mol. The van der Waals surface area contributed by atoms with Crippen molar-refractivity contribution in [2.75, 3.05) is 10.7 Å². The van der Waals surface area contributed by atoms with Gasteiger partial charge in [0.2, 0.25) is 5.95 Å². The summed E-state index contributed by atoms with van der Waals surface area (Å²) in [5.74, 6) is 4.85. The predicted octanol–water partition coefficient (Wildman–Crippen LogP) is 2.72. The van der Waals surface area contributed by atoms with Crippen LogP contribution >= 0.6 is 15.9 Å². The number of aryl methyl sites for hydroxylation is 1. The van der Waals surface area contributed by atoms with Crippen LogP contribution in [0.3, 0.4) is 0 Å². The molecule has 1 heterocycles. The van der Waals surface area contributed by atoms with Gasteiger partial charge in [-0.05, 0) is 30.7 Å². The first-order valence-corrected chi connectivity index (χ1v) is 5.92. The van der Waals surface area contributed by atoms with Crippen molar-refractivity contribution >= 4 is 33.4 Å². The molecule has 0 fully saturated rings. The molecule has 0 spiro atoms. The number of anilines is 3. The van der Waals surface area contributed by atoms with E-state index in [1.165, 1.54) is 0 Å². The third-order valence-corrected chi connectivity index (χ3v) is 2.81. The van der Waals surface area contributed by atoms with Crippen molar-refractivity contribution in [2.45, 2.75) is 6.92 Å². The molecule has 2 aromatic rings. The molecule has 18 heavy (non-hydrogen) atoms. The summed E-state index contributed by atoms with van der Waals surface area (Å²) in [5.41, 5.74) is 3.99. The number of rotatable bonds is 3. The Balaban J connectivity index is 2.33. The molecule has 0 saturated heterocycles. The highest BCUT2D eigenvalue weighted by molar-refractivity contribution is 9.10. The van der Waals surface area contributed by atoms with Crippen LogP contribution in [-0.2, 0) is 0 Å². The summed E-state index contributed by atoms with van der Waals surface area (Å²) in [6, 6.07) is 5.61. The molecule has 0 aliphatic rings. The Bertz CT molecular complexity index is 575. The minimum atomic E-state index is -0.545. The lowest BCUT2D eigenvalue weighted by molar-refractivity contribution is 0.619. The summed E-state index contributed by atoms with van der Waals surface area (Å²) in [6.07, 6.45) is 1.05. The van der Waals surface area contributed by atoms with Crippen LogP contribution in [0.4, 0.5) is 21.8 Å². The molecule has 0 aliphatic heterocycles. The first-order chi connectivity index (χ1) is 8.60. The number of hydrogen-bond acceptors (Lipinski definition) is 5. The largest absolute Gasteiger partial charge is 0.337 e. The van der Waals surface area contributed by atoms with Crippen LogP contribution in [0.25, 0.3) is 0 Å². The third-order valence-electron chi connectivity index (χ3n) is 2.31. The van der Waals surface area contributed by atoms with Crippen LogP contribution in [0, 0.1) is 12.7 Å². The lowest BCUT2D eigenvalue weighted by Crippen LogP contribution is -2.12. The second-order valence-corrected chi connectivity index (χ2v) is 4.53. The van der Waals surface area contributed by atoms with E-state index < -0.39 is 5.82 Å². The molecular formula is C11H11BrFN5. The zero-order chi connectivity index (χ0) is 13.1. The molecule has 0 amide bonds. The number of hydrogen-bond donors (Lipinski definition) is 3. The fourth-order valence-corrected chi connectivity index (χ4v) is 1.89. The van der Waals surface area contributed by atoms with Gasteiger partial charge in [-0.3, -0.25) is 5.43 Å².